The average Bonchev–Trinajstić information content (AvgIpc) is 2.75. The van der Waals surface area contributed by atoms with Crippen LogP contribution in [0.1, 0.15) is 121 Å². The Hall–Kier alpha value is -1.76. The molecule has 2 aromatic rings. The van der Waals surface area contributed by atoms with Crippen molar-refractivity contribution in [2.45, 2.75) is 110 Å². The van der Waals surface area contributed by atoms with E-state index in [9.17, 15) is 5.11 Å². The Balaban J connectivity index is 2.01. The van der Waals surface area contributed by atoms with Crippen molar-refractivity contribution >= 4 is 0 Å². The molecule has 0 bridgehead atoms. The van der Waals surface area contributed by atoms with Gasteiger partial charge in [0.2, 0.25) is 0 Å². The van der Waals surface area contributed by atoms with Crippen molar-refractivity contribution in [2.24, 2.45) is 0 Å². The largest absolute Gasteiger partial charge is 0.508 e. The number of aromatic hydroxyl groups is 1. The minimum Gasteiger partial charge on any atom is -0.508 e. The zero-order valence-electron chi connectivity index (χ0n) is 19.9. The van der Waals surface area contributed by atoms with Gasteiger partial charge in [-0.3, -0.25) is 0 Å². The summed E-state index contributed by atoms with van der Waals surface area (Å²) in [6.45, 7) is 9.06. The van der Waals surface area contributed by atoms with Crippen LogP contribution in [0.5, 0.6) is 5.75 Å². The number of benzene rings is 2. The highest BCUT2D eigenvalue weighted by molar-refractivity contribution is 5.51. The molecule has 2 rings (SSSR count). The van der Waals surface area contributed by atoms with Crippen molar-refractivity contribution in [1.29, 1.82) is 0 Å². The number of hydrogen-bond acceptors (Lipinski definition) is 1. The molecule has 1 heteroatoms. The summed E-state index contributed by atoms with van der Waals surface area (Å²) in [6, 6.07) is 16.7. The van der Waals surface area contributed by atoms with Gasteiger partial charge in [-0.1, -0.05) is 128 Å². The fraction of sp³-hybridized carbons (Fsp3) is 0.586. The Kier molecular flexibility index (Phi) is 10.5. The van der Waals surface area contributed by atoms with Gasteiger partial charge in [-0.25, -0.2) is 0 Å². The molecule has 0 aromatic heterocycles. The van der Waals surface area contributed by atoms with Crippen LogP contribution in [0.4, 0.5) is 0 Å². The molecule has 0 aliphatic heterocycles. The van der Waals surface area contributed by atoms with E-state index in [2.05, 4.69) is 64.1 Å². The lowest BCUT2D eigenvalue weighted by Crippen LogP contribution is -2.22. The van der Waals surface area contributed by atoms with Gasteiger partial charge in [0.15, 0.2) is 0 Å². The monoisotopic (exact) mass is 408 g/mol. The van der Waals surface area contributed by atoms with E-state index in [1.165, 1.54) is 75.3 Å². The minimum atomic E-state index is -0.214. The van der Waals surface area contributed by atoms with Gasteiger partial charge in [-0.2, -0.15) is 0 Å². The number of phenols is 1. The molecule has 0 radical (unpaired) electrons. The van der Waals surface area contributed by atoms with Crippen LogP contribution in [0.3, 0.4) is 0 Å². The standard InChI is InChI=1S/C29H44O/c1-5-7-8-9-10-11-12-13-15-19-24(6-2)26-22-18-23-27(30)28(26)29(3,4)25-20-16-14-17-21-25/h14,16-18,20-24,30H,5-13,15,19H2,1-4H3. The summed E-state index contributed by atoms with van der Waals surface area (Å²) in [5, 5.41) is 10.9. The molecule has 1 N–H and O–H groups in total. The van der Waals surface area contributed by atoms with E-state index in [-0.39, 0.29) is 5.41 Å². The molecule has 1 unspecified atom stereocenters. The Morgan fingerprint density at radius 1 is 0.733 bits per heavy atom. The first-order valence-corrected chi connectivity index (χ1v) is 12.4. The smallest absolute Gasteiger partial charge is 0.119 e. The second kappa shape index (κ2) is 12.8. The predicted molar refractivity (Wildman–Crippen MR) is 132 cm³/mol. The SMILES string of the molecule is CCCCCCCCCCCC(CC)c1cccc(O)c1C(C)(C)c1ccccc1. The predicted octanol–water partition coefficient (Wildman–Crippen LogP) is 9.13. The summed E-state index contributed by atoms with van der Waals surface area (Å²) < 4.78 is 0. The van der Waals surface area contributed by atoms with Gasteiger partial charge in [0.1, 0.15) is 5.75 Å². The third-order valence-corrected chi connectivity index (χ3v) is 6.78. The van der Waals surface area contributed by atoms with Crippen molar-refractivity contribution in [3.05, 3.63) is 65.2 Å². The number of hydrogen-bond donors (Lipinski definition) is 1. The third-order valence-electron chi connectivity index (χ3n) is 6.78. The van der Waals surface area contributed by atoms with Crippen molar-refractivity contribution in [3.8, 4) is 5.75 Å². The quantitative estimate of drug-likeness (QED) is 0.309. The molecule has 0 saturated carbocycles. The average molecular weight is 409 g/mol. The molecule has 1 atom stereocenters. The first kappa shape index (κ1) is 24.5. The maximum atomic E-state index is 10.9. The summed E-state index contributed by atoms with van der Waals surface area (Å²) in [6.07, 6.45) is 14.7. The molecule has 0 saturated heterocycles. The Morgan fingerprint density at radius 2 is 1.33 bits per heavy atom. The molecule has 166 valence electrons. The van der Waals surface area contributed by atoms with Crippen molar-refractivity contribution in [2.75, 3.05) is 0 Å². The summed E-state index contributed by atoms with van der Waals surface area (Å²) in [5.74, 6) is 0.950. The Labute approximate surface area is 185 Å². The lowest BCUT2D eigenvalue weighted by molar-refractivity contribution is 0.444. The zero-order valence-corrected chi connectivity index (χ0v) is 19.9. The molecule has 0 amide bonds. The van der Waals surface area contributed by atoms with Crippen LogP contribution >= 0.6 is 0 Å². The van der Waals surface area contributed by atoms with Gasteiger partial charge in [-0.15, -0.1) is 0 Å². The number of phenolic OH excluding ortho intramolecular Hbond substituents is 1. The highest BCUT2D eigenvalue weighted by Crippen LogP contribution is 2.43. The second-order valence-electron chi connectivity index (χ2n) is 9.45. The van der Waals surface area contributed by atoms with E-state index in [1.807, 2.05) is 12.1 Å². The van der Waals surface area contributed by atoms with E-state index in [0.29, 0.717) is 11.7 Å². The van der Waals surface area contributed by atoms with Gasteiger partial charge >= 0.3 is 0 Å². The van der Waals surface area contributed by atoms with Crippen LogP contribution in [-0.2, 0) is 5.41 Å². The van der Waals surface area contributed by atoms with Gasteiger partial charge in [-0.05, 0) is 36.0 Å². The molecule has 0 fully saturated rings. The van der Waals surface area contributed by atoms with E-state index in [0.717, 1.165) is 12.0 Å². The normalized spacial score (nSPS) is 12.8. The number of unbranched alkanes of at least 4 members (excludes halogenated alkanes) is 8. The van der Waals surface area contributed by atoms with Gasteiger partial charge < -0.3 is 5.11 Å². The summed E-state index contributed by atoms with van der Waals surface area (Å²) >= 11 is 0. The molecule has 30 heavy (non-hydrogen) atoms. The highest BCUT2D eigenvalue weighted by Gasteiger charge is 2.30. The van der Waals surface area contributed by atoms with Crippen molar-refractivity contribution in [3.63, 3.8) is 0 Å². The van der Waals surface area contributed by atoms with Crippen LogP contribution in [-0.4, -0.2) is 5.11 Å². The lowest BCUT2D eigenvalue weighted by Gasteiger charge is -2.32. The fourth-order valence-corrected chi connectivity index (χ4v) is 4.86. The highest BCUT2D eigenvalue weighted by atomic mass is 16.3. The lowest BCUT2D eigenvalue weighted by atomic mass is 9.72. The van der Waals surface area contributed by atoms with Gasteiger partial charge in [0.25, 0.3) is 0 Å². The van der Waals surface area contributed by atoms with E-state index in [4.69, 9.17) is 0 Å². The second-order valence-corrected chi connectivity index (χ2v) is 9.45. The minimum absolute atomic E-state index is 0.214. The topological polar surface area (TPSA) is 20.2 Å². The van der Waals surface area contributed by atoms with Crippen LogP contribution < -0.4 is 0 Å². The van der Waals surface area contributed by atoms with Gasteiger partial charge in [0.05, 0.1) is 0 Å². The molecule has 0 heterocycles. The van der Waals surface area contributed by atoms with E-state index < -0.39 is 0 Å². The summed E-state index contributed by atoms with van der Waals surface area (Å²) in [7, 11) is 0. The molecular formula is C29H44O. The first-order valence-electron chi connectivity index (χ1n) is 12.4. The van der Waals surface area contributed by atoms with Gasteiger partial charge in [0, 0.05) is 11.0 Å². The van der Waals surface area contributed by atoms with Crippen molar-refractivity contribution < 1.29 is 5.11 Å². The Bertz CT molecular complexity index is 716. The molecule has 2 aromatic carbocycles. The first-order chi connectivity index (χ1) is 14.5. The fourth-order valence-electron chi connectivity index (χ4n) is 4.86. The Morgan fingerprint density at radius 3 is 1.93 bits per heavy atom. The molecular weight excluding hydrogens is 364 g/mol. The van der Waals surface area contributed by atoms with Crippen LogP contribution in [0.15, 0.2) is 48.5 Å². The van der Waals surface area contributed by atoms with Crippen LogP contribution in [0, 0.1) is 0 Å². The molecule has 1 nitrogen and oxygen atoms in total. The summed E-state index contributed by atoms with van der Waals surface area (Å²) in [5.41, 5.74) is 3.49. The number of rotatable bonds is 14. The molecule has 0 spiro atoms. The van der Waals surface area contributed by atoms with Crippen molar-refractivity contribution in [1.82, 2.24) is 0 Å². The van der Waals surface area contributed by atoms with Crippen LogP contribution in [0.25, 0.3) is 0 Å². The molecule has 0 aliphatic carbocycles. The molecule has 0 aliphatic rings. The summed E-state index contributed by atoms with van der Waals surface area (Å²) in [4.78, 5) is 0. The zero-order chi connectivity index (χ0) is 21.8. The maximum absolute atomic E-state index is 10.9. The van der Waals surface area contributed by atoms with E-state index in [1.54, 1.807) is 0 Å². The van der Waals surface area contributed by atoms with Crippen LogP contribution in [0.2, 0.25) is 0 Å². The maximum Gasteiger partial charge on any atom is 0.119 e. The van der Waals surface area contributed by atoms with E-state index >= 15 is 0 Å². The third kappa shape index (κ3) is 6.89.